The molecule has 3 aromatic rings. The summed E-state index contributed by atoms with van der Waals surface area (Å²) >= 11 is 6.75. The highest BCUT2D eigenvalue weighted by Crippen LogP contribution is 2.40. The Morgan fingerprint density at radius 2 is 1.89 bits per heavy atom. The number of amides is 2. The van der Waals surface area contributed by atoms with Crippen LogP contribution in [0.1, 0.15) is 5.56 Å². The van der Waals surface area contributed by atoms with Crippen LogP contribution in [0.5, 0.6) is 5.88 Å². The van der Waals surface area contributed by atoms with E-state index in [2.05, 4.69) is 52.4 Å². The third-order valence-electron chi connectivity index (χ3n) is 3.68. The summed E-state index contributed by atoms with van der Waals surface area (Å²) in [6.45, 7) is -0.272. The van der Waals surface area contributed by atoms with E-state index < -0.39 is 5.91 Å². The number of azo groups is 1. The average molecular weight is 494 g/mol. The van der Waals surface area contributed by atoms with E-state index in [0.29, 0.717) is 10.9 Å². The number of benzene rings is 2. The summed E-state index contributed by atoms with van der Waals surface area (Å²) < 4.78 is 1.50. The molecular formula is C18H14Br2N4O3. The summed E-state index contributed by atoms with van der Waals surface area (Å²) in [5.41, 5.74) is 1.63. The van der Waals surface area contributed by atoms with Crippen LogP contribution in [-0.4, -0.2) is 28.4 Å². The molecule has 3 N–H and O–H groups in total. The molecule has 0 unspecified atom stereocenters. The van der Waals surface area contributed by atoms with Gasteiger partial charge in [0.2, 0.25) is 11.8 Å². The first-order valence-electron chi connectivity index (χ1n) is 7.89. The van der Waals surface area contributed by atoms with Gasteiger partial charge in [-0.15, -0.1) is 10.2 Å². The van der Waals surface area contributed by atoms with E-state index in [1.165, 1.54) is 0 Å². The van der Waals surface area contributed by atoms with Crippen molar-refractivity contribution in [3.8, 4) is 5.88 Å². The molecule has 0 aliphatic rings. The van der Waals surface area contributed by atoms with Crippen LogP contribution >= 0.6 is 31.9 Å². The lowest BCUT2D eigenvalue weighted by molar-refractivity contribution is -0.124. The van der Waals surface area contributed by atoms with E-state index >= 15 is 0 Å². The lowest BCUT2D eigenvalue weighted by atomic mass is 10.1. The molecule has 0 saturated carbocycles. The van der Waals surface area contributed by atoms with Crippen molar-refractivity contribution in [3.63, 3.8) is 0 Å². The molecule has 9 heteroatoms. The molecule has 27 heavy (non-hydrogen) atoms. The second kappa shape index (κ2) is 8.45. The lowest BCUT2D eigenvalue weighted by Crippen LogP contribution is -2.29. The Kier molecular flexibility index (Phi) is 6.02. The zero-order chi connectivity index (χ0) is 19.4. The summed E-state index contributed by atoms with van der Waals surface area (Å²) in [7, 11) is 0. The van der Waals surface area contributed by atoms with Crippen LogP contribution < -0.4 is 5.32 Å². The number of aromatic hydroxyl groups is 1. The number of carbonyl (C=O) groups excluding carboxylic acids is 2. The number of hydrogen-bond donors (Lipinski definition) is 3. The van der Waals surface area contributed by atoms with Crippen molar-refractivity contribution in [2.45, 2.75) is 6.42 Å². The number of halogens is 2. The fourth-order valence-electron chi connectivity index (χ4n) is 2.45. The maximum Gasteiger partial charge on any atom is 0.283 e. The summed E-state index contributed by atoms with van der Waals surface area (Å²) in [5.74, 6) is -1.11. The third kappa shape index (κ3) is 4.81. The first kappa shape index (κ1) is 19.2. The van der Waals surface area contributed by atoms with Gasteiger partial charge in [-0.05, 0) is 33.6 Å². The number of fused-ring (bicyclic) bond motifs is 1. The number of carbonyl (C=O) groups is 2. The zero-order valence-electron chi connectivity index (χ0n) is 13.9. The fraction of sp³-hybridized carbons (Fsp3) is 0.111. The SMILES string of the molecule is O=C(CNC(=O)Cc1ccccc1)N=Nc1c(O)[nH]c2c(Br)cc(Br)cc12. The Labute approximate surface area is 171 Å². The lowest BCUT2D eigenvalue weighted by Gasteiger charge is -2.02. The van der Waals surface area contributed by atoms with Gasteiger partial charge in [0, 0.05) is 14.3 Å². The van der Waals surface area contributed by atoms with Crippen LogP contribution in [-0.2, 0) is 16.0 Å². The smallest absolute Gasteiger partial charge is 0.283 e. The number of nitrogens with one attached hydrogen (secondary N) is 2. The molecule has 0 aliphatic heterocycles. The van der Waals surface area contributed by atoms with E-state index in [9.17, 15) is 14.7 Å². The van der Waals surface area contributed by atoms with Crippen LogP contribution in [0.25, 0.3) is 10.9 Å². The van der Waals surface area contributed by atoms with Crippen LogP contribution in [0.15, 0.2) is 61.6 Å². The van der Waals surface area contributed by atoms with Gasteiger partial charge in [-0.25, -0.2) is 0 Å². The summed E-state index contributed by atoms with van der Waals surface area (Å²) in [6.07, 6.45) is 0.177. The molecule has 2 amide bonds. The van der Waals surface area contributed by atoms with Crippen molar-refractivity contribution >= 4 is 60.3 Å². The molecule has 3 rings (SSSR count). The first-order chi connectivity index (χ1) is 12.9. The number of rotatable bonds is 5. The molecule has 0 aliphatic carbocycles. The predicted molar refractivity (Wildman–Crippen MR) is 108 cm³/mol. The van der Waals surface area contributed by atoms with Crippen molar-refractivity contribution in [1.82, 2.24) is 10.3 Å². The molecule has 1 aromatic heterocycles. The van der Waals surface area contributed by atoms with Crippen LogP contribution in [0, 0.1) is 0 Å². The third-order valence-corrected chi connectivity index (χ3v) is 4.77. The Morgan fingerprint density at radius 3 is 2.63 bits per heavy atom. The quantitative estimate of drug-likeness (QED) is 0.459. The molecule has 0 saturated heterocycles. The molecule has 138 valence electrons. The Balaban J connectivity index is 1.64. The predicted octanol–water partition coefficient (Wildman–Crippen LogP) is 4.37. The van der Waals surface area contributed by atoms with Crippen LogP contribution in [0.2, 0.25) is 0 Å². The standard InChI is InChI=1S/C18H14Br2N4O3/c19-11-7-12-16(13(20)8-11)22-18(27)17(12)24-23-15(26)9-21-14(25)6-10-4-2-1-3-5-10/h1-5,7-8,22,27H,6,9H2,(H,21,25). The maximum atomic E-state index is 11.9. The van der Waals surface area contributed by atoms with Gasteiger partial charge in [0.25, 0.3) is 5.91 Å². The Hall–Kier alpha value is -2.52. The topological polar surface area (TPSA) is 107 Å². The Bertz CT molecular complexity index is 1030. The number of aromatic amines is 1. The highest BCUT2D eigenvalue weighted by Gasteiger charge is 2.14. The minimum atomic E-state index is -0.626. The summed E-state index contributed by atoms with van der Waals surface area (Å²) in [5, 5.41) is 20.5. The summed E-state index contributed by atoms with van der Waals surface area (Å²) in [4.78, 5) is 26.5. The van der Waals surface area contributed by atoms with E-state index in [4.69, 9.17) is 0 Å². The molecular weight excluding hydrogens is 480 g/mol. The van der Waals surface area contributed by atoms with Crippen molar-refractivity contribution in [2.24, 2.45) is 10.2 Å². The van der Waals surface area contributed by atoms with Crippen LogP contribution in [0.4, 0.5) is 5.69 Å². The average Bonchev–Trinajstić information content (AvgIpc) is 2.95. The van der Waals surface area contributed by atoms with Crippen molar-refractivity contribution < 1.29 is 14.7 Å². The van der Waals surface area contributed by atoms with Gasteiger partial charge in [-0.3, -0.25) is 9.59 Å². The zero-order valence-corrected chi connectivity index (χ0v) is 17.0. The minimum Gasteiger partial charge on any atom is -0.493 e. The van der Waals surface area contributed by atoms with Crippen molar-refractivity contribution in [3.05, 3.63) is 57.0 Å². The van der Waals surface area contributed by atoms with E-state index in [1.807, 2.05) is 36.4 Å². The molecule has 0 spiro atoms. The van der Waals surface area contributed by atoms with Gasteiger partial charge in [-0.2, -0.15) is 0 Å². The molecule has 0 atom stereocenters. The van der Waals surface area contributed by atoms with Gasteiger partial charge in [0.15, 0.2) is 5.69 Å². The van der Waals surface area contributed by atoms with Gasteiger partial charge in [0.05, 0.1) is 11.9 Å². The minimum absolute atomic E-state index is 0.149. The van der Waals surface area contributed by atoms with Crippen LogP contribution in [0.3, 0.4) is 0 Å². The number of H-pyrrole nitrogens is 1. The van der Waals surface area contributed by atoms with E-state index in [0.717, 1.165) is 14.5 Å². The highest BCUT2D eigenvalue weighted by atomic mass is 79.9. The molecule has 1 heterocycles. The molecule has 7 nitrogen and oxygen atoms in total. The highest BCUT2D eigenvalue weighted by molar-refractivity contribution is 9.11. The molecule has 0 fully saturated rings. The number of nitrogens with zero attached hydrogens (tertiary/aromatic N) is 2. The van der Waals surface area contributed by atoms with Gasteiger partial charge in [-0.1, -0.05) is 46.3 Å². The maximum absolute atomic E-state index is 11.9. The molecule has 0 bridgehead atoms. The van der Waals surface area contributed by atoms with Crippen molar-refractivity contribution in [2.75, 3.05) is 6.54 Å². The van der Waals surface area contributed by atoms with Gasteiger partial charge < -0.3 is 15.4 Å². The Morgan fingerprint density at radius 1 is 1.15 bits per heavy atom. The normalized spacial score (nSPS) is 11.2. The fourth-order valence-corrected chi connectivity index (χ4v) is 3.78. The van der Waals surface area contributed by atoms with Gasteiger partial charge >= 0.3 is 0 Å². The van der Waals surface area contributed by atoms with E-state index in [1.54, 1.807) is 6.07 Å². The first-order valence-corrected chi connectivity index (χ1v) is 9.47. The number of hydrogen-bond acceptors (Lipinski definition) is 4. The summed E-state index contributed by atoms with van der Waals surface area (Å²) in [6, 6.07) is 12.8. The second-order valence-corrected chi connectivity index (χ2v) is 7.44. The van der Waals surface area contributed by atoms with Crippen molar-refractivity contribution in [1.29, 1.82) is 0 Å². The second-order valence-electron chi connectivity index (χ2n) is 5.67. The number of aromatic nitrogens is 1. The molecule has 2 aromatic carbocycles. The molecule has 0 radical (unpaired) electrons. The monoisotopic (exact) mass is 492 g/mol. The van der Waals surface area contributed by atoms with E-state index in [-0.39, 0.29) is 30.4 Å². The van der Waals surface area contributed by atoms with Gasteiger partial charge in [0.1, 0.15) is 6.54 Å². The largest absolute Gasteiger partial charge is 0.493 e.